The van der Waals surface area contributed by atoms with E-state index in [1.165, 1.54) is 50.2 Å². The van der Waals surface area contributed by atoms with Gasteiger partial charge in [-0.25, -0.2) is 9.37 Å². The van der Waals surface area contributed by atoms with Crippen LogP contribution in [0, 0.1) is 11.7 Å². The highest BCUT2D eigenvalue weighted by Gasteiger charge is 2.36. The van der Waals surface area contributed by atoms with Gasteiger partial charge in [0.1, 0.15) is 22.3 Å². The van der Waals surface area contributed by atoms with Crippen LogP contribution in [0.3, 0.4) is 0 Å². The summed E-state index contributed by atoms with van der Waals surface area (Å²) in [5.41, 5.74) is 0.745. The van der Waals surface area contributed by atoms with Gasteiger partial charge in [0, 0.05) is 18.0 Å². The van der Waals surface area contributed by atoms with E-state index in [-0.39, 0.29) is 11.7 Å². The Hall–Kier alpha value is -1.95. The van der Waals surface area contributed by atoms with Crippen molar-refractivity contribution in [2.75, 3.05) is 13.7 Å². The number of hydrogen-bond donors (Lipinski definition) is 0. The number of aromatic nitrogens is 1. The first-order chi connectivity index (χ1) is 12.7. The standard InChI is InChI=1S/C20H23FN2O2S/c1-25-17-10-4-8-14(21)18(17)19-22-15(12-26-19)20(24)23-11-5-7-13-6-2-3-9-16(13)23/h4,8,10,12-13,16H,2-3,5-7,9,11H2,1H3. The number of methoxy groups -OCH3 is 1. The summed E-state index contributed by atoms with van der Waals surface area (Å²) in [5, 5.41) is 2.23. The van der Waals surface area contributed by atoms with Gasteiger partial charge in [0.05, 0.1) is 12.7 Å². The molecule has 2 aliphatic rings. The molecular formula is C20H23FN2O2S. The van der Waals surface area contributed by atoms with Gasteiger partial charge < -0.3 is 9.64 Å². The number of halogens is 1. The van der Waals surface area contributed by atoms with Crippen LogP contribution < -0.4 is 4.74 Å². The fraction of sp³-hybridized carbons (Fsp3) is 0.500. The van der Waals surface area contributed by atoms with Gasteiger partial charge in [-0.3, -0.25) is 4.79 Å². The minimum Gasteiger partial charge on any atom is -0.496 e. The molecule has 0 N–H and O–H groups in total. The summed E-state index contributed by atoms with van der Waals surface area (Å²) < 4.78 is 19.6. The van der Waals surface area contributed by atoms with Crippen LogP contribution in [0.1, 0.15) is 49.0 Å². The zero-order valence-corrected chi connectivity index (χ0v) is 15.7. The van der Waals surface area contributed by atoms with Crippen LogP contribution in [-0.4, -0.2) is 35.5 Å². The average molecular weight is 374 g/mol. The normalized spacial score (nSPS) is 22.8. The Kier molecular flexibility index (Phi) is 4.94. The second-order valence-electron chi connectivity index (χ2n) is 7.11. The monoisotopic (exact) mass is 374 g/mol. The molecule has 1 aromatic carbocycles. The number of benzene rings is 1. The van der Waals surface area contributed by atoms with E-state index < -0.39 is 0 Å². The molecule has 4 rings (SSSR count). The highest BCUT2D eigenvalue weighted by Crippen LogP contribution is 2.37. The van der Waals surface area contributed by atoms with E-state index in [1.807, 2.05) is 4.90 Å². The minimum atomic E-state index is -0.386. The zero-order chi connectivity index (χ0) is 18.1. The van der Waals surface area contributed by atoms with Crippen molar-refractivity contribution in [3.05, 3.63) is 35.1 Å². The first kappa shape index (κ1) is 17.5. The Bertz CT molecular complexity index is 805. The van der Waals surface area contributed by atoms with Crippen LogP contribution in [0.25, 0.3) is 10.6 Å². The van der Waals surface area contributed by atoms with Crippen molar-refractivity contribution in [2.45, 2.75) is 44.6 Å². The Balaban J connectivity index is 1.61. The SMILES string of the molecule is COc1cccc(F)c1-c1nc(C(=O)N2CCCC3CCCCC32)cs1. The maximum atomic E-state index is 14.3. The van der Waals surface area contributed by atoms with Crippen molar-refractivity contribution in [1.82, 2.24) is 9.88 Å². The van der Waals surface area contributed by atoms with Gasteiger partial charge in [-0.2, -0.15) is 0 Å². The fourth-order valence-corrected chi connectivity index (χ4v) is 5.24. The molecule has 2 atom stereocenters. The van der Waals surface area contributed by atoms with Gasteiger partial charge in [-0.05, 0) is 43.7 Å². The molecule has 2 aromatic rings. The number of carbonyl (C=O) groups excluding carboxylic acids is 1. The molecule has 1 saturated carbocycles. The predicted molar refractivity (Wildman–Crippen MR) is 100 cm³/mol. The lowest BCUT2D eigenvalue weighted by molar-refractivity contribution is 0.0386. The highest BCUT2D eigenvalue weighted by molar-refractivity contribution is 7.13. The van der Waals surface area contributed by atoms with Crippen molar-refractivity contribution in [3.63, 3.8) is 0 Å². The van der Waals surface area contributed by atoms with Crippen LogP contribution in [0.15, 0.2) is 23.6 Å². The summed E-state index contributed by atoms with van der Waals surface area (Å²) in [6, 6.07) is 5.04. The molecule has 1 aliphatic heterocycles. The van der Waals surface area contributed by atoms with Crippen molar-refractivity contribution >= 4 is 17.2 Å². The summed E-state index contributed by atoms with van der Waals surface area (Å²) in [6.45, 7) is 0.801. The van der Waals surface area contributed by atoms with E-state index in [2.05, 4.69) is 4.98 Å². The molecule has 2 unspecified atom stereocenters. The first-order valence-corrected chi connectivity index (χ1v) is 10.2. The highest BCUT2D eigenvalue weighted by atomic mass is 32.1. The molecule has 1 aromatic heterocycles. The molecule has 2 fully saturated rings. The molecule has 1 aliphatic carbocycles. The van der Waals surface area contributed by atoms with Gasteiger partial charge >= 0.3 is 0 Å². The molecule has 26 heavy (non-hydrogen) atoms. The number of piperidine rings is 1. The summed E-state index contributed by atoms with van der Waals surface area (Å²) >= 11 is 1.29. The van der Waals surface area contributed by atoms with Crippen LogP contribution >= 0.6 is 11.3 Å². The number of fused-ring (bicyclic) bond motifs is 1. The van der Waals surface area contributed by atoms with Crippen LogP contribution in [0.4, 0.5) is 4.39 Å². The number of carbonyl (C=O) groups is 1. The van der Waals surface area contributed by atoms with E-state index >= 15 is 0 Å². The lowest BCUT2D eigenvalue weighted by Crippen LogP contribution is -2.49. The number of rotatable bonds is 3. The quantitative estimate of drug-likeness (QED) is 0.778. The van der Waals surface area contributed by atoms with Gasteiger partial charge in [0.2, 0.25) is 0 Å². The summed E-state index contributed by atoms with van der Waals surface area (Å²) in [7, 11) is 1.51. The number of hydrogen-bond acceptors (Lipinski definition) is 4. The first-order valence-electron chi connectivity index (χ1n) is 9.28. The fourth-order valence-electron chi connectivity index (χ4n) is 4.39. The summed E-state index contributed by atoms with van der Waals surface area (Å²) in [6.07, 6.45) is 7.07. The second-order valence-corrected chi connectivity index (χ2v) is 7.97. The molecular weight excluding hydrogens is 351 g/mol. The Labute approximate surface area is 157 Å². The molecule has 0 spiro atoms. The molecule has 0 bridgehead atoms. The number of amides is 1. The van der Waals surface area contributed by atoms with E-state index in [0.29, 0.717) is 34.0 Å². The van der Waals surface area contributed by atoms with E-state index in [0.717, 1.165) is 19.4 Å². The van der Waals surface area contributed by atoms with Crippen molar-refractivity contribution in [3.8, 4) is 16.3 Å². The number of likely N-dealkylation sites (tertiary alicyclic amines) is 1. The third kappa shape index (κ3) is 3.11. The van der Waals surface area contributed by atoms with Gasteiger partial charge in [0.25, 0.3) is 5.91 Å². The van der Waals surface area contributed by atoms with E-state index in [9.17, 15) is 9.18 Å². The molecule has 0 radical (unpaired) electrons. The molecule has 4 nitrogen and oxygen atoms in total. The van der Waals surface area contributed by atoms with Crippen molar-refractivity contribution < 1.29 is 13.9 Å². The lowest BCUT2D eigenvalue weighted by Gasteiger charge is -2.43. The Morgan fingerprint density at radius 2 is 2.08 bits per heavy atom. The molecule has 1 amide bonds. The molecule has 2 heterocycles. The lowest BCUT2D eigenvalue weighted by atomic mass is 9.78. The van der Waals surface area contributed by atoms with Crippen molar-refractivity contribution in [1.29, 1.82) is 0 Å². The third-order valence-electron chi connectivity index (χ3n) is 5.64. The number of ether oxygens (including phenoxy) is 1. The third-order valence-corrected chi connectivity index (χ3v) is 6.50. The van der Waals surface area contributed by atoms with E-state index in [4.69, 9.17) is 4.74 Å². The minimum absolute atomic E-state index is 0.0144. The second kappa shape index (κ2) is 7.35. The largest absolute Gasteiger partial charge is 0.496 e. The summed E-state index contributed by atoms with van der Waals surface area (Å²) in [4.78, 5) is 19.6. The van der Waals surface area contributed by atoms with Gasteiger partial charge in [-0.15, -0.1) is 11.3 Å². The van der Waals surface area contributed by atoms with E-state index in [1.54, 1.807) is 17.5 Å². The summed E-state index contributed by atoms with van der Waals surface area (Å²) in [5.74, 6) is 0.664. The Morgan fingerprint density at radius 1 is 1.27 bits per heavy atom. The smallest absolute Gasteiger partial charge is 0.273 e. The molecule has 138 valence electrons. The maximum Gasteiger partial charge on any atom is 0.273 e. The number of nitrogens with zero attached hydrogens (tertiary/aromatic N) is 2. The topological polar surface area (TPSA) is 42.4 Å². The maximum absolute atomic E-state index is 14.3. The van der Waals surface area contributed by atoms with Crippen LogP contribution in [-0.2, 0) is 0 Å². The Morgan fingerprint density at radius 3 is 2.92 bits per heavy atom. The average Bonchev–Trinajstić information content (AvgIpc) is 3.16. The number of thiazole rings is 1. The predicted octanol–water partition coefficient (Wildman–Crippen LogP) is 4.75. The van der Waals surface area contributed by atoms with Crippen molar-refractivity contribution in [2.24, 2.45) is 5.92 Å². The zero-order valence-electron chi connectivity index (χ0n) is 14.9. The molecule has 1 saturated heterocycles. The van der Waals surface area contributed by atoms with Crippen LogP contribution in [0.5, 0.6) is 5.75 Å². The van der Waals surface area contributed by atoms with Gasteiger partial charge in [-0.1, -0.05) is 18.9 Å². The van der Waals surface area contributed by atoms with Gasteiger partial charge in [0.15, 0.2) is 0 Å². The molecule has 6 heteroatoms. The van der Waals surface area contributed by atoms with Crippen LogP contribution in [0.2, 0.25) is 0 Å².